The maximum atomic E-state index is 14.0. The second kappa shape index (κ2) is 7.24. The number of carbonyl (C=O) groups is 2. The van der Waals surface area contributed by atoms with Crippen molar-refractivity contribution in [2.24, 2.45) is 0 Å². The zero-order chi connectivity index (χ0) is 20.5. The largest absolute Gasteiger partial charge is 0.444 e. The summed E-state index contributed by atoms with van der Waals surface area (Å²) < 4.78 is 25.3. The lowest BCUT2D eigenvalue weighted by Gasteiger charge is -2.31. The Hall–Kier alpha value is -2.93. The molecule has 0 aliphatic carbocycles. The van der Waals surface area contributed by atoms with Gasteiger partial charge in [0, 0.05) is 12.6 Å². The Morgan fingerprint density at radius 2 is 1.86 bits per heavy atom. The topological polar surface area (TPSA) is 67.9 Å². The lowest BCUT2D eigenvalue weighted by Crippen LogP contribution is -2.55. The van der Waals surface area contributed by atoms with E-state index in [0.29, 0.717) is 5.69 Å². The lowest BCUT2D eigenvalue weighted by molar-refractivity contribution is -0.151. The minimum Gasteiger partial charge on any atom is -0.444 e. The number of nitrogens with one attached hydrogen (secondary N) is 1. The quantitative estimate of drug-likeness (QED) is 0.814. The summed E-state index contributed by atoms with van der Waals surface area (Å²) in [6.07, 6.45) is -0.834. The molecule has 6 nitrogen and oxygen atoms in total. The van der Waals surface area contributed by atoms with E-state index in [0.717, 1.165) is 5.56 Å². The standard InChI is InChI=1S/C21H23FN2O4/c1-20(2,3)28-19(26)23-21(27-13-14-8-6-5-7-9-14)16-12-15(22)10-11-17(16)24(4)18(21)25/h5-12H,13H2,1-4H3,(H,23,26)/t21-/m1/s1. The summed E-state index contributed by atoms with van der Waals surface area (Å²) in [4.78, 5) is 27.0. The highest BCUT2D eigenvalue weighted by Crippen LogP contribution is 2.41. The van der Waals surface area contributed by atoms with E-state index >= 15 is 0 Å². The van der Waals surface area contributed by atoms with E-state index in [1.165, 1.54) is 23.1 Å². The van der Waals surface area contributed by atoms with Crippen LogP contribution >= 0.6 is 0 Å². The highest BCUT2D eigenvalue weighted by Gasteiger charge is 2.53. The molecule has 2 amide bonds. The lowest BCUT2D eigenvalue weighted by atomic mass is 10.0. The van der Waals surface area contributed by atoms with Crippen LogP contribution < -0.4 is 10.2 Å². The number of benzene rings is 2. The molecular formula is C21H23FN2O4. The molecule has 1 N–H and O–H groups in total. The van der Waals surface area contributed by atoms with Crippen molar-refractivity contribution in [3.63, 3.8) is 0 Å². The van der Waals surface area contributed by atoms with Crippen molar-refractivity contribution in [1.29, 1.82) is 0 Å². The normalized spacial score (nSPS) is 18.8. The summed E-state index contributed by atoms with van der Waals surface area (Å²) in [5.41, 5.74) is -1.18. The van der Waals surface area contributed by atoms with Gasteiger partial charge in [-0.15, -0.1) is 0 Å². The summed E-state index contributed by atoms with van der Waals surface area (Å²) in [7, 11) is 1.55. The number of hydrogen-bond donors (Lipinski definition) is 1. The van der Waals surface area contributed by atoms with Gasteiger partial charge in [-0.05, 0) is 44.5 Å². The predicted molar refractivity (Wildman–Crippen MR) is 102 cm³/mol. The summed E-state index contributed by atoms with van der Waals surface area (Å²) in [6.45, 7) is 5.16. The van der Waals surface area contributed by atoms with Gasteiger partial charge in [0.15, 0.2) is 0 Å². The second-order valence-electron chi connectivity index (χ2n) is 7.61. The number of hydrogen-bond acceptors (Lipinski definition) is 4. The van der Waals surface area contributed by atoms with E-state index in [1.54, 1.807) is 27.8 Å². The van der Waals surface area contributed by atoms with Crippen molar-refractivity contribution in [2.45, 2.75) is 38.7 Å². The average molecular weight is 386 g/mol. The Labute approximate surface area is 163 Å². The fourth-order valence-corrected chi connectivity index (χ4v) is 3.05. The first-order chi connectivity index (χ1) is 13.1. The Bertz CT molecular complexity index is 895. The molecule has 1 aliphatic heterocycles. The zero-order valence-electron chi connectivity index (χ0n) is 16.3. The van der Waals surface area contributed by atoms with Gasteiger partial charge in [0.05, 0.1) is 12.3 Å². The number of ether oxygens (including phenoxy) is 2. The van der Waals surface area contributed by atoms with Crippen LogP contribution in [0.25, 0.3) is 0 Å². The molecule has 1 atom stereocenters. The Kier molecular flexibility index (Phi) is 5.12. The van der Waals surface area contributed by atoms with Crippen LogP contribution in [-0.2, 0) is 26.6 Å². The molecule has 7 heteroatoms. The monoisotopic (exact) mass is 386 g/mol. The Balaban J connectivity index is 2.01. The molecule has 28 heavy (non-hydrogen) atoms. The van der Waals surface area contributed by atoms with Gasteiger partial charge in [0.25, 0.3) is 11.6 Å². The highest BCUT2D eigenvalue weighted by molar-refractivity contribution is 6.07. The van der Waals surface area contributed by atoms with Crippen molar-refractivity contribution in [3.8, 4) is 0 Å². The minimum absolute atomic E-state index is 0.0339. The SMILES string of the molecule is CN1C(=O)[C@](NC(=O)OC(C)(C)C)(OCc2ccccc2)c2cc(F)ccc21. The van der Waals surface area contributed by atoms with Crippen LogP contribution in [-0.4, -0.2) is 24.6 Å². The molecule has 2 aromatic carbocycles. The predicted octanol–water partition coefficient (Wildman–Crippen LogP) is 3.70. The third-order valence-electron chi connectivity index (χ3n) is 4.28. The first kappa shape index (κ1) is 19.8. The van der Waals surface area contributed by atoms with E-state index in [1.807, 2.05) is 30.3 Å². The van der Waals surface area contributed by atoms with Crippen LogP contribution in [0.4, 0.5) is 14.9 Å². The molecule has 1 heterocycles. The van der Waals surface area contributed by atoms with Crippen LogP contribution in [0.1, 0.15) is 31.9 Å². The molecule has 0 saturated carbocycles. The van der Waals surface area contributed by atoms with Crippen LogP contribution in [0.15, 0.2) is 48.5 Å². The van der Waals surface area contributed by atoms with Crippen molar-refractivity contribution < 1.29 is 23.5 Å². The average Bonchev–Trinajstić information content (AvgIpc) is 2.81. The van der Waals surface area contributed by atoms with Gasteiger partial charge in [0.1, 0.15) is 11.4 Å². The number of alkyl carbamates (subject to hydrolysis) is 1. The number of anilines is 1. The van der Waals surface area contributed by atoms with E-state index < -0.39 is 29.1 Å². The zero-order valence-corrected chi connectivity index (χ0v) is 16.3. The summed E-state index contributed by atoms with van der Waals surface area (Å²) in [6, 6.07) is 13.1. The van der Waals surface area contributed by atoms with E-state index in [-0.39, 0.29) is 12.2 Å². The van der Waals surface area contributed by atoms with Crippen LogP contribution in [0.5, 0.6) is 0 Å². The maximum absolute atomic E-state index is 14.0. The fourth-order valence-electron chi connectivity index (χ4n) is 3.05. The third-order valence-corrected chi connectivity index (χ3v) is 4.28. The van der Waals surface area contributed by atoms with Gasteiger partial charge in [-0.2, -0.15) is 0 Å². The van der Waals surface area contributed by atoms with Gasteiger partial charge in [-0.1, -0.05) is 30.3 Å². The van der Waals surface area contributed by atoms with Gasteiger partial charge >= 0.3 is 6.09 Å². The molecule has 0 bridgehead atoms. The van der Waals surface area contributed by atoms with Crippen LogP contribution in [0, 0.1) is 5.82 Å². The van der Waals surface area contributed by atoms with E-state index in [2.05, 4.69) is 5.32 Å². The molecule has 0 fully saturated rings. The summed E-state index contributed by atoms with van der Waals surface area (Å²) >= 11 is 0. The van der Waals surface area contributed by atoms with Crippen LogP contribution in [0.3, 0.4) is 0 Å². The number of nitrogens with zero attached hydrogens (tertiary/aromatic N) is 1. The van der Waals surface area contributed by atoms with Crippen LogP contribution in [0.2, 0.25) is 0 Å². The molecule has 3 rings (SSSR count). The van der Waals surface area contributed by atoms with Crippen molar-refractivity contribution in [1.82, 2.24) is 5.32 Å². The molecular weight excluding hydrogens is 363 g/mol. The fraction of sp³-hybridized carbons (Fsp3) is 0.333. The van der Waals surface area contributed by atoms with Crippen molar-refractivity contribution in [3.05, 3.63) is 65.5 Å². The molecule has 148 valence electrons. The number of fused-ring (bicyclic) bond motifs is 1. The van der Waals surface area contributed by atoms with Gasteiger partial charge in [-0.3, -0.25) is 10.1 Å². The second-order valence-corrected chi connectivity index (χ2v) is 7.61. The number of amides is 2. The molecule has 0 spiro atoms. The number of rotatable bonds is 4. The van der Waals surface area contributed by atoms with Crippen molar-refractivity contribution >= 4 is 17.7 Å². The molecule has 0 unspecified atom stereocenters. The number of likely N-dealkylation sites (N-methyl/N-ethyl adjacent to an activating group) is 1. The molecule has 1 aliphatic rings. The van der Waals surface area contributed by atoms with E-state index in [4.69, 9.17) is 9.47 Å². The number of halogens is 1. The first-order valence-electron chi connectivity index (χ1n) is 8.89. The van der Waals surface area contributed by atoms with Gasteiger partial charge < -0.3 is 14.4 Å². The summed E-state index contributed by atoms with van der Waals surface area (Å²) in [5, 5.41) is 2.54. The highest BCUT2D eigenvalue weighted by atomic mass is 19.1. The van der Waals surface area contributed by atoms with Crippen molar-refractivity contribution in [2.75, 3.05) is 11.9 Å². The molecule has 0 radical (unpaired) electrons. The van der Waals surface area contributed by atoms with Gasteiger partial charge in [-0.25, -0.2) is 9.18 Å². The van der Waals surface area contributed by atoms with E-state index in [9.17, 15) is 14.0 Å². The molecule has 0 aromatic heterocycles. The first-order valence-corrected chi connectivity index (χ1v) is 8.89. The smallest absolute Gasteiger partial charge is 0.410 e. The number of carbonyl (C=O) groups excluding carboxylic acids is 2. The third kappa shape index (κ3) is 3.84. The molecule has 2 aromatic rings. The molecule has 0 saturated heterocycles. The minimum atomic E-state index is -1.88. The van der Waals surface area contributed by atoms with Gasteiger partial charge in [0.2, 0.25) is 0 Å². The maximum Gasteiger partial charge on any atom is 0.410 e. The Morgan fingerprint density at radius 1 is 1.18 bits per heavy atom. The summed E-state index contributed by atoms with van der Waals surface area (Å²) in [5.74, 6) is -1.07. The Morgan fingerprint density at radius 3 is 2.50 bits per heavy atom.